The van der Waals surface area contributed by atoms with E-state index in [2.05, 4.69) is 0 Å². The van der Waals surface area contributed by atoms with E-state index in [9.17, 15) is 17.6 Å². The molecule has 0 spiro atoms. The SMILES string of the molecule is O=C(c1ccc(N2CCCS2(=O)=O)cc1)N1CCCc2cc(F)ccc21. The number of hydrogen-bond acceptors (Lipinski definition) is 3. The van der Waals surface area contributed by atoms with Crippen LogP contribution in [-0.2, 0) is 16.4 Å². The monoisotopic (exact) mass is 374 g/mol. The summed E-state index contributed by atoms with van der Waals surface area (Å²) in [5.74, 6) is -0.294. The molecule has 2 aromatic rings. The largest absolute Gasteiger partial charge is 0.308 e. The summed E-state index contributed by atoms with van der Waals surface area (Å²) in [7, 11) is -3.24. The lowest BCUT2D eigenvalue weighted by molar-refractivity contribution is 0.0985. The number of aryl methyl sites for hydroxylation is 1. The van der Waals surface area contributed by atoms with Crippen molar-refractivity contribution < 1.29 is 17.6 Å². The van der Waals surface area contributed by atoms with Gasteiger partial charge in [-0.2, -0.15) is 0 Å². The number of carbonyl (C=O) groups is 1. The van der Waals surface area contributed by atoms with Gasteiger partial charge >= 0.3 is 0 Å². The summed E-state index contributed by atoms with van der Waals surface area (Å²) in [4.78, 5) is 14.6. The van der Waals surface area contributed by atoms with Crippen LogP contribution in [0, 0.1) is 5.82 Å². The summed E-state index contributed by atoms with van der Waals surface area (Å²) in [6, 6.07) is 11.2. The first-order valence-corrected chi connectivity index (χ1v) is 10.3. The zero-order valence-electron chi connectivity index (χ0n) is 14.2. The molecule has 2 aliphatic rings. The average Bonchev–Trinajstić information content (AvgIpc) is 2.99. The van der Waals surface area contributed by atoms with Gasteiger partial charge in [-0.3, -0.25) is 9.10 Å². The molecule has 2 aromatic carbocycles. The van der Waals surface area contributed by atoms with E-state index in [1.165, 1.54) is 16.4 Å². The summed E-state index contributed by atoms with van der Waals surface area (Å²) < 4.78 is 38.9. The van der Waals surface area contributed by atoms with Gasteiger partial charge < -0.3 is 4.90 Å². The quantitative estimate of drug-likeness (QED) is 0.812. The predicted octanol–water partition coefficient (Wildman–Crippen LogP) is 2.96. The zero-order valence-corrected chi connectivity index (χ0v) is 15.0. The standard InChI is InChI=1S/C19H19FN2O3S/c20-16-6-9-18-15(13-16)3-1-10-21(18)19(23)14-4-7-17(8-5-14)22-11-2-12-26(22,24)25/h4-9,13H,1-3,10-12H2. The third kappa shape index (κ3) is 2.96. The molecule has 0 radical (unpaired) electrons. The zero-order chi connectivity index (χ0) is 18.3. The van der Waals surface area contributed by atoms with Crippen LogP contribution < -0.4 is 9.21 Å². The van der Waals surface area contributed by atoms with E-state index in [0.717, 1.165) is 24.1 Å². The topological polar surface area (TPSA) is 57.7 Å². The van der Waals surface area contributed by atoms with Gasteiger partial charge in [0.15, 0.2) is 0 Å². The van der Waals surface area contributed by atoms with Gasteiger partial charge in [0.05, 0.1) is 11.4 Å². The highest BCUT2D eigenvalue weighted by Crippen LogP contribution is 2.30. The number of sulfonamides is 1. The Morgan fingerprint density at radius 1 is 1.00 bits per heavy atom. The Labute approximate surface area is 152 Å². The van der Waals surface area contributed by atoms with Gasteiger partial charge in [-0.15, -0.1) is 0 Å². The number of rotatable bonds is 2. The molecule has 26 heavy (non-hydrogen) atoms. The third-order valence-corrected chi connectivity index (χ3v) is 6.78. The van der Waals surface area contributed by atoms with Crippen molar-refractivity contribution in [3.8, 4) is 0 Å². The molecule has 4 rings (SSSR count). The fraction of sp³-hybridized carbons (Fsp3) is 0.316. The maximum Gasteiger partial charge on any atom is 0.258 e. The molecule has 0 N–H and O–H groups in total. The number of hydrogen-bond donors (Lipinski definition) is 0. The van der Waals surface area contributed by atoms with Gasteiger partial charge in [0.2, 0.25) is 10.0 Å². The number of nitrogens with zero attached hydrogens (tertiary/aromatic N) is 2. The Kier molecular flexibility index (Phi) is 4.19. The Morgan fingerprint density at radius 3 is 2.46 bits per heavy atom. The lowest BCUT2D eigenvalue weighted by atomic mass is 10.0. The Bertz CT molecular complexity index is 957. The number of benzene rings is 2. The average molecular weight is 374 g/mol. The second-order valence-electron chi connectivity index (χ2n) is 6.62. The van der Waals surface area contributed by atoms with Crippen LogP contribution >= 0.6 is 0 Å². The van der Waals surface area contributed by atoms with Crippen molar-refractivity contribution in [1.29, 1.82) is 0 Å². The highest BCUT2D eigenvalue weighted by molar-refractivity contribution is 7.93. The molecule has 136 valence electrons. The fourth-order valence-electron chi connectivity index (χ4n) is 3.63. The maximum absolute atomic E-state index is 13.4. The highest BCUT2D eigenvalue weighted by atomic mass is 32.2. The van der Waals surface area contributed by atoms with E-state index in [1.807, 2.05) is 0 Å². The Morgan fingerprint density at radius 2 is 1.77 bits per heavy atom. The number of halogens is 1. The van der Waals surface area contributed by atoms with Gasteiger partial charge in [-0.1, -0.05) is 0 Å². The first kappa shape index (κ1) is 17.0. The van der Waals surface area contributed by atoms with Crippen LogP contribution in [0.3, 0.4) is 0 Å². The van der Waals surface area contributed by atoms with Crippen molar-refractivity contribution in [2.45, 2.75) is 19.3 Å². The molecule has 1 fully saturated rings. The second kappa shape index (κ2) is 6.39. The fourth-order valence-corrected chi connectivity index (χ4v) is 5.20. The molecule has 0 unspecified atom stereocenters. The van der Waals surface area contributed by atoms with E-state index >= 15 is 0 Å². The maximum atomic E-state index is 13.4. The minimum Gasteiger partial charge on any atom is -0.308 e. The van der Waals surface area contributed by atoms with Crippen molar-refractivity contribution in [3.05, 3.63) is 59.4 Å². The minimum absolute atomic E-state index is 0.159. The van der Waals surface area contributed by atoms with Crippen LogP contribution in [0.2, 0.25) is 0 Å². The molecule has 0 atom stereocenters. The summed E-state index contributed by atoms with van der Waals surface area (Å²) in [5.41, 5.74) is 2.65. The molecule has 7 heteroatoms. The molecule has 0 saturated carbocycles. The number of carbonyl (C=O) groups excluding carboxylic acids is 1. The van der Waals surface area contributed by atoms with E-state index < -0.39 is 10.0 Å². The Balaban J connectivity index is 1.60. The van der Waals surface area contributed by atoms with Gasteiger partial charge in [-0.25, -0.2) is 12.8 Å². The molecule has 2 heterocycles. The molecule has 1 amide bonds. The highest BCUT2D eigenvalue weighted by Gasteiger charge is 2.29. The summed E-state index contributed by atoms with van der Waals surface area (Å²) in [5, 5.41) is 0. The summed E-state index contributed by atoms with van der Waals surface area (Å²) in [6.45, 7) is 1.06. The van der Waals surface area contributed by atoms with E-state index in [-0.39, 0.29) is 17.5 Å². The van der Waals surface area contributed by atoms with Gasteiger partial charge in [-0.05, 0) is 67.3 Å². The summed E-state index contributed by atoms with van der Waals surface area (Å²) >= 11 is 0. The normalized spacial score (nSPS) is 18.7. The smallest absolute Gasteiger partial charge is 0.258 e. The molecule has 0 bridgehead atoms. The molecule has 5 nitrogen and oxygen atoms in total. The first-order chi connectivity index (χ1) is 12.5. The van der Waals surface area contributed by atoms with E-state index in [0.29, 0.717) is 30.8 Å². The number of fused-ring (bicyclic) bond motifs is 1. The second-order valence-corrected chi connectivity index (χ2v) is 8.63. The van der Waals surface area contributed by atoms with Crippen molar-refractivity contribution in [1.82, 2.24) is 0 Å². The summed E-state index contributed by atoms with van der Waals surface area (Å²) in [6.07, 6.45) is 2.15. The minimum atomic E-state index is -3.24. The van der Waals surface area contributed by atoms with Crippen LogP contribution in [0.25, 0.3) is 0 Å². The number of anilines is 2. The van der Waals surface area contributed by atoms with E-state index in [1.54, 1.807) is 35.2 Å². The predicted molar refractivity (Wildman–Crippen MR) is 98.6 cm³/mol. The molecule has 2 aliphatic heterocycles. The van der Waals surface area contributed by atoms with Gasteiger partial charge in [0.25, 0.3) is 5.91 Å². The van der Waals surface area contributed by atoms with E-state index in [4.69, 9.17) is 0 Å². The van der Waals surface area contributed by atoms with Gasteiger partial charge in [0, 0.05) is 24.3 Å². The van der Waals surface area contributed by atoms with Crippen molar-refractivity contribution in [2.24, 2.45) is 0 Å². The van der Waals surface area contributed by atoms with Crippen LogP contribution in [0.15, 0.2) is 42.5 Å². The first-order valence-electron chi connectivity index (χ1n) is 8.66. The molecule has 0 aliphatic carbocycles. The molecular formula is C19H19FN2O3S. The van der Waals surface area contributed by atoms with Crippen LogP contribution in [0.5, 0.6) is 0 Å². The number of amides is 1. The van der Waals surface area contributed by atoms with Gasteiger partial charge in [0.1, 0.15) is 5.82 Å². The van der Waals surface area contributed by atoms with Crippen LogP contribution in [0.1, 0.15) is 28.8 Å². The van der Waals surface area contributed by atoms with Crippen molar-refractivity contribution >= 4 is 27.3 Å². The third-order valence-electron chi connectivity index (χ3n) is 4.91. The van der Waals surface area contributed by atoms with Crippen molar-refractivity contribution in [3.63, 3.8) is 0 Å². The molecular weight excluding hydrogens is 355 g/mol. The van der Waals surface area contributed by atoms with Crippen molar-refractivity contribution in [2.75, 3.05) is 28.0 Å². The lowest BCUT2D eigenvalue weighted by Gasteiger charge is -2.29. The molecule has 0 aromatic heterocycles. The lowest BCUT2D eigenvalue weighted by Crippen LogP contribution is -2.35. The molecule has 1 saturated heterocycles. The van der Waals surface area contributed by atoms with Crippen LogP contribution in [-0.4, -0.2) is 33.2 Å². The van der Waals surface area contributed by atoms with Crippen LogP contribution in [0.4, 0.5) is 15.8 Å². The Hall–Kier alpha value is -2.41.